The third kappa shape index (κ3) is 2.55. The highest BCUT2D eigenvalue weighted by atomic mass is 79.9. The van der Waals surface area contributed by atoms with Gasteiger partial charge in [0.25, 0.3) is 0 Å². The number of anilines is 1. The first-order chi connectivity index (χ1) is 7.70. The predicted octanol–water partition coefficient (Wildman–Crippen LogP) is 2.78. The second-order valence-electron chi connectivity index (χ2n) is 4.17. The van der Waals surface area contributed by atoms with E-state index in [2.05, 4.69) is 26.1 Å². The molecule has 4 heteroatoms. The van der Waals surface area contributed by atoms with Gasteiger partial charge < -0.3 is 10.2 Å². The SMILES string of the molecule is CNC1CCCN(c2cc(Br)ccc2F)C1. The maximum Gasteiger partial charge on any atom is 0.146 e. The van der Waals surface area contributed by atoms with Crippen LogP contribution in [0.5, 0.6) is 0 Å². The van der Waals surface area contributed by atoms with Crippen LogP contribution in [0, 0.1) is 5.82 Å². The Kier molecular flexibility index (Phi) is 3.82. The molecule has 0 saturated carbocycles. The van der Waals surface area contributed by atoms with Crippen molar-refractivity contribution >= 4 is 21.6 Å². The smallest absolute Gasteiger partial charge is 0.146 e. The van der Waals surface area contributed by atoms with Crippen LogP contribution in [0.3, 0.4) is 0 Å². The standard InChI is InChI=1S/C12H16BrFN2/c1-15-10-3-2-6-16(8-10)12-7-9(13)4-5-11(12)14/h4-5,7,10,15H,2-3,6,8H2,1H3. The van der Waals surface area contributed by atoms with E-state index in [1.807, 2.05) is 13.1 Å². The largest absolute Gasteiger partial charge is 0.368 e. The summed E-state index contributed by atoms with van der Waals surface area (Å²) in [6, 6.07) is 5.57. The van der Waals surface area contributed by atoms with Crippen LogP contribution in [0.4, 0.5) is 10.1 Å². The van der Waals surface area contributed by atoms with Crippen LogP contribution in [0.15, 0.2) is 22.7 Å². The first-order valence-electron chi connectivity index (χ1n) is 5.58. The molecule has 1 aromatic carbocycles. The van der Waals surface area contributed by atoms with Crippen LogP contribution in [0.1, 0.15) is 12.8 Å². The molecule has 1 aliphatic rings. The average molecular weight is 287 g/mol. The van der Waals surface area contributed by atoms with E-state index in [1.165, 1.54) is 12.5 Å². The molecule has 16 heavy (non-hydrogen) atoms. The molecule has 1 fully saturated rings. The highest BCUT2D eigenvalue weighted by molar-refractivity contribution is 9.10. The maximum absolute atomic E-state index is 13.7. The van der Waals surface area contributed by atoms with Gasteiger partial charge in [0, 0.05) is 23.6 Å². The first kappa shape index (κ1) is 11.9. The minimum atomic E-state index is -0.139. The lowest BCUT2D eigenvalue weighted by molar-refractivity contribution is 0.445. The Labute approximate surface area is 104 Å². The molecule has 2 nitrogen and oxygen atoms in total. The van der Waals surface area contributed by atoms with Gasteiger partial charge in [0.15, 0.2) is 0 Å². The molecule has 0 radical (unpaired) electrons. The van der Waals surface area contributed by atoms with E-state index >= 15 is 0 Å². The van der Waals surface area contributed by atoms with Crippen molar-refractivity contribution in [2.24, 2.45) is 0 Å². The van der Waals surface area contributed by atoms with Gasteiger partial charge in [-0.2, -0.15) is 0 Å². The van der Waals surface area contributed by atoms with E-state index in [0.717, 1.165) is 24.0 Å². The van der Waals surface area contributed by atoms with Crippen LogP contribution in [-0.4, -0.2) is 26.2 Å². The maximum atomic E-state index is 13.7. The van der Waals surface area contributed by atoms with Gasteiger partial charge in [-0.05, 0) is 38.1 Å². The minimum Gasteiger partial charge on any atom is -0.368 e. The van der Waals surface area contributed by atoms with Crippen LogP contribution in [0.25, 0.3) is 0 Å². The van der Waals surface area contributed by atoms with Gasteiger partial charge in [0.2, 0.25) is 0 Å². The number of hydrogen-bond donors (Lipinski definition) is 1. The zero-order valence-electron chi connectivity index (χ0n) is 9.34. The van der Waals surface area contributed by atoms with Crippen LogP contribution in [-0.2, 0) is 0 Å². The van der Waals surface area contributed by atoms with Gasteiger partial charge in [0.1, 0.15) is 5.82 Å². The van der Waals surface area contributed by atoms with Crippen molar-refractivity contribution in [3.63, 3.8) is 0 Å². The molecule has 0 aromatic heterocycles. The number of hydrogen-bond acceptors (Lipinski definition) is 2. The lowest BCUT2D eigenvalue weighted by atomic mass is 10.1. The monoisotopic (exact) mass is 286 g/mol. The molecule has 0 spiro atoms. The molecule has 1 saturated heterocycles. The van der Waals surface area contributed by atoms with E-state index in [1.54, 1.807) is 6.07 Å². The summed E-state index contributed by atoms with van der Waals surface area (Å²) in [5.74, 6) is -0.139. The van der Waals surface area contributed by atoms with Crippen molar-refractivity contribution in [2.45, 2.75) is 18.9 Å². The van der Waals surface area contributed by atoms with Crippen molar-refractivity contribution in [1.82, 2.24) is 5.32 Å². The van der Waals surface area contributed by atoms with Gasteiger partial charge >= 0.3 is 0 Å². The average Bonchev–Trinajstić information content (AvgIpc) is 2.32. The fraction of sp³-hybridized carbons (Fsp3) is 0.500. The van der Waals surface area contributed by atoms with E-state index in [0.29, 0.717) is 11.7 Å². The Morgan fingerprint density at radius 2 is 2.31 bits per heavy atom. The lowest BCUT2D eigenvalue weighted by Gasteiger charge is -2.34. The summed E-state index contributed by atoms with van der Waals surface area (Å²) in [6.07, 6.45) is 2.28. The molecule has 0 amide bonds. The van der Waals surface area contributed by atoms with Gasteiger partial charge in [-0.25, -0.2) is 4.39 Å². The summed E-state index contributed by atoms with van der Waals surface area (Å²) >= 11 is 3.39. The molecule has 2 rings (SSSR count). The molecule has 1 heterocycles. The highest BCUT2D eigenvalue weighted by Gasteiger charge is 2.20. The van der Waals surface area contributed by atoms with Crippen LogP contribution >= 0.6 is 15.9 Å². The number of rotatable bonds is 2. The molecular weight excluding hydrogens is 271 g/mol. The molecule has 1 N–H and O–H groups in total. The summed E-state index contributed by atoms with van der Waals surface area (Å²) in [5.41, 5.74) is 0.703. The van der Waals surface area contributed by atoms with Gasteiger partial charge in [0.05, 0.1) is 5.69 Å². The van der Waals surface area contributed by atoms with Crippen LogP contribution in [0.2, 0.25) is 0 Å². The normalized spacial score (nSPS) is 21.2. The van der Waals surface area contributed by atoms with Crippen molar-refractivity contribution in [1.29, 1.82) is 0 Å². The van der Waals surface area contributed by atoms with Crippen molar-refractivity contribution in [2.75, 3.05) is 25.0 Å². The zero-order chi connectivity index (χ0) is 11.5. The minimum absolute atomic E-state index is 0.139. The fourth-order valence-electron chi connectivity index (χ4n) is 2.16. The third-order valence-electron chi connectivity index (χ3n) is 3.08. The number of benzene rings is 1. The van der Waals surface area contributed by atoms with E-state index in [-0.39, 0.29) is 5.82 Å². The van der Waals surface area contributed by atoms with E-state index in [4.69, 9.17) is 0 Å². The molecule has 88 valence electrons. The molecule has 0 bridgehead atoms. The first-order valence-corrected chi connectivity index (χ1v) is 6.37. The van der Waals surface area contributed by atoms with Crippen molar-refractivity contribution in [3.05, 3.63) is 28.5 Å². The Morgan fingerprint density at radius 3 is 3.06 bits per heavy atom. The Bertz CT molecular complexity index is 370. The van der Waals surface area contributed by atoms with Crippen molar-refractivity contribution in [3.8, 4) is 0 Å². The third-order valence-corrected chi connectivity index (χ3v) is 3.57. The summed E-state index contributed by atoms with van der Waals surface area (Å²) in [6.45, 7) is 1.81. The number of nitrogens with zero attached hydrogens (tertiary/aromatic N) is 1. The lowest BCUT2D eigenvalue weighted by Crippen LogP contribution is -2.44. The summed E-state index contributed by atoms with van der Waals surface area (Å²) in [4.78, 5) is 2.12. The van der Waals surface area contributed by atoms with E-state index < -0.39 is 0 Å². The highest BCUT2D eigenvalue weighted by Crippen LogP contribution is 2.26. The summed E-state index contributed by atoms with van der Waals surface area (Å²) in [5, 5.41) is 3.26. The zero-order valence-corrected chi connectivity index (χ0v) is 10.9. The summed E-state index contributed by atoms with van der Waals surface area (Å²) < 4.78 is 14.6. The predicted molar refractivity (Wildman–Crippen MR) is 68.4 cm³/mol. The van der Waals surface area contributed by atoms with Crippen molar-refractivity contribution < 1.29 is 4.39 Å². The fourth-order valence-corrected chi connectivity index (χ4v) is 2.51. The van der Waals surface area contributed by atoms with Gasteiger partial charge in [-0.15, -0.1) is 0 Å². The molecule has 1 aromatic rings. The molecule has 0 aliphatic carbocycles. The molecule has 1 aliphatic heterocycles. The molecule has 1 atom stereocenters. The topological polar surface area (TPSA) is 15.3 Å². The molecular formula is C12H16BrFN2. The Hall–Kier alpha value is -0.610. The van der Waals surface area contributed by atoms with Crippen LogP contribution < -0.4 is 10.2 Å². The second-order valence-corrected chi connectivity index (χ2v) is 5.09. The second kappa shape index (κ2) is 5.15. The van der Waals surface area contributed by atoms with E-state index in [9.17, 15) is 4.39 Å². The Balaban J connectivity index is 2.19. The Morgan fingerprint density at radius 1 is 1.50 bits per heavy atom. The number of piperidine rings is 1. The summed E-state index contributed by atoms with van der Waals surface area (Å²) in [7, 11) is 1.96. The number of likely N-dealkylation sites (N-methyl/N-ethyl adjacent to an activating group) is 1. The van der Waals surface area contributed by atoms with Gasteiger partial charge in [-0.1, -0.05) is 15.9 Å². The number of nitrogens with one attached hydrogen (secondary N) is 1. The molecule has 1 unspecified atom stereocenters. The quantitative estimate of drug-likeness (QED) is 0.899. The number of halogens is 2. The van der Waals surface area contributed by atoms with Gasteiger partial charge in [-0.3, -0.25) is 0 Å².